The summed E-state index contributed by atoms with van der Waals surface area (Å²) in [5.74, 6) is 0.618. The molecule has 0 aromatic carbocycles. The van der Waals surface area contributed by atoms with Crippen LogP contribution in [0.5, 0.6) is 0 Å². The van der Waals surface area contributed by atoms with E-state index in [0.29, 0.717) is 30.5 Å². The van der Waals surface area contributed by atoms with Crippen LogP contribution in [0.3, 0.4) is 0 Å². The molecule has 5 aliphatic rings. The van der Waals surface area contributed by atoms with E-state index in [-0.39, 0.29) is 5.41 Å². The smallest absolute Gasteiger partial charge is 0.172 e. The first-order valence-corrected chi connectivity index (χ1v) is 10.7. The summed E-state index contributed by atoms with van der Waals surface area (Å²) in [5.41, 5.74) is 2.67. The average Bonchev–Trinajstić information content (AvgIpc) is 3.21. The van der Waals surface area contributed by atoms with E-state index in [1.54, 1.807) is 5.57 Å². The largest absolute Gasteiger partial charge is 0.389 e. The van der Waals surface area contributed by atoms with E-state index >= 15 is 0 Å². The standard InChI is InChI=1S/C23H34O3/c1-4-16-5-7-18-19-8-6-17-15-22(25-13-14-26-22)11-10-21(17,3)23(19,24)12-9-20(16,18)2/h4,6,18-19,24H,5,7-15H2,1-3H3/t18-,19-,20+,21-,23+/m0/s1. The first kappa shape index (κ1) is 17.5. The quantitative estimate of drug-likeness (QED) is 0.635. The highest BCUT2D eigenvalue weighted by Crippen LogP contribution is 2.68. The van der Waals surface area contributed by atoms with Crippen LogP contribution in [0.2, 0.25) is 0 Å². The lowest BCUT2D eigenvalue weighted by atomic mass is 9.45. The van der Waals surface area contributed by atoms with E-state index in [4.69, 9.17) is 9.47 Å². The minimum absolute atomic E-state index is 0.115. The summed E-state index contributed by atoms with van der Waals surface area (Å²) in [5, 5.41) is 12.2. The highest BCUT2D eigenvalue weighted by Gasteiger charge is 2.65. The zero-order valence-electron chi connectivity index (χ0n) is 16.6. The second-order valence-electron chi connectivity index (χ2n) is 9.99. The third-order valence-corrected chi connectivity index (χ3v) is 9.31. The number of allylic oxidation sites excluding steroid dienone is 3. The van der Waals surface area contributed by atoms with E-state index in [1.807, 2.05) is 0 Å². The summed E-state index contributed by atoms with van der Waals surface area (Å²) in [7, 11) is 0. The average molecular weight is 359 g/mol. The van der Waals surface area contributed by atoms with Crippen LogP contribution in [0.15, 0.2) is 23.3 Å². The maximum atomic E-state index is 12.2. The normalized spacial score (nSPS) is 51.1. The van der Waals surface area contributed by atoms with Crippen molar-refractivity contribution < 1.29 is 14.6 Å². The lowest BCUT2D eigenvalue weighted by Crippen LogP contribution is -2.63. The molecule has 0 amide bonds. The Balaban J connectivity index is 1.52. The number of ether oxygens (including phenoxy) is 2. The Labute approximate surface area is 157 Å². The number of hydrogen-bond acceptors (Lipinski definition) is 3. The third-order valence-electron chi connectivity index (χ3n) is 9.31. The minimum atomic E-state index is -0.565. The van der Waals surface area contributed by atoms with Crippen molar-refractivity contribution in [1.29, 1.82) is 0 Å². The fourth-order valence-corrected chi connectivity index (χ4v) is 7.61. The Bertz CT molecular complexity index is 673. The van der Waals surface area contributed by atoms with E-state index in [2.05, 4.69) is 32.9 Å². The first-order chi connectivity index (χ1) is 12.4. The van der Waals surface area contributed by atoms with E-state index in [9.17, 15) is 5.11 Å². The van der Waals surface area contributed by atoms with Gasteiger partial charge in [-0.3, -0.25) is 0 Å². The highest BCUT2D eigenvalue weighted by molar-refractivity contribution is 5.34. The topological polar surface area (TPSA) is 38.7 Å². The molecule has 3 nitrogen and oxygen atoms in total. The zero-order chi connectivity index (χ0) is 18.2. The molecular weight excluding hydrogens is 324 g/mol. The molecule has 1 saturated heterocycles. The summed E-state index contributed by atoms with van der Waals surface area (Å²) in [6, 6.07) is 0. The molecule has 0 unspecified atom stereocenters. The molecule has 1 N–H and O–H groups in total. The van der Waals surface area contributed by atoms with Gasteiger partial charge >= 0.3 is 0 Å². The SMILES string of the molecule is CC=C1CC[C@H]2[C@@H]3CC=C4CC5(CC[C@]4(C)[C@@]3(O)CC[C@]12C)OCCO5. The molecule has 3 saturated carbocycles. The van der Waals surface area contributed by atoms with Crippen LogP contribution in [0.4, 0.5) is 0 Å². The fourth-order valence-electron chi connectivity index (χ4n) is 7.61. The van der Waals surface area contributed by atoms with E-state index < -0.39 is 11.4 Å². The first-order valence-electron chi connectivity index (χ1n) is 10.7. The monoisotopic (exact) mass is 358 g/mol. The number of fused-ring (bicyclic) bond motifs is 5. The molecule has 0 radical (unpaired) electrons. The Morgan fingerprint density at radius 3 is 2.58 bits per heavy atom. The van der Waals surface area contributed by atoms with Crippen molar-refractivity contribution in [2.24, 2.45) is 22.7 Å². The van der Waals surface area contributed by atoms with Crippen molar-refractivity contribution in [2.75, 3.05) is 13.2 Å². The predicted octanol–water partition coefficient (Wildman–Crippen LogP) is 4.75. The van der Waals surface area contributed by atoms with Crippen molar-refractivity contribution >= 4 is 0 Å². The predicted molar refractivity (Wildman–Crippen MR) is 102 cm³/mol. The van der Waals surface area contributed by atoms with Crippen molar-refractivity contribution in [2.45, 2.75) is 83.5 Å². The van der Waals surface area contributed by atoms with Gasteiger partial charge in [0.1, 0.15) is 0 Å². The molecule has 0 aromatic heterocycles. The third kappa shape index (κ3) is 2.00. The highest BCUT2D eigenvalue weighted by atomic mass is 16.7. The van der Waals surface area contributed by atoms with Gasteiger partial charge in [0.05, 0.1) is 18.8 Å². The van der Waals surface area contributed by atoms with Crippen LogP contribution < -0.4 is 0 Å². The van der Waals surface area contributed by atoms with Crippen LogP contribution in [-0.4, -0.2) is 29.7 Å². The fraction of sp³-hybridized carbons (Fsp3) is 0.826. The van der Waals surface area contributed by atoms with Gasteiger partial charge in [-0.2, -0.15) is 0 Å². The van der Waals surface area contributed by atoms with Crippen LogP contribution >= 0.6 is 0 Å². The van der Waals surface area contributed by atoms with Crippen molar-refractivity contribution in [3.05, 3.63) is 23.3 Å². The van der Waals surface area contributed by atoms with Gasteiger partial charge in [0, 0.05) is 18.3 Å². The Kier molecular flexibility index (Phi) is 3.66. The molecule has 5 atom stereocenters. The van der Waals surface area contributed by atoms with Gasteiger partial charge in [0.15, 0.2) is 5.79 Å². The second-order valence-corrected chi connectivity index (χ2v) is 9.99. The van der Waals surface area contributed by atoms with Crippen LogP contribution in [0.25, 0.3) is 0 Å². The molecule has 26 heavy (non-hydrogen) atoms. The summed E-state index contributed by atoms with van der Waals surface area (Å²) >= 11 is 0. The lowest BCUT2D eigenvalue weighted by molar-refractivity contribution is -0.218. The Morgan fingerprint density at radius 2 is 1.85 bits per heavy atom. The number of aliphatic hydroxyl groups is 1. The van der Waals surface area contributed by atoms with Crippen molar-refractivity contribution in [1.82, 2.24) is 0 Å². The van der Waals surface area contributed by atoms with Gasteiger partial charge in [-0.1, -0.05) is 37.1 Å². The maximum Gasteiger partial charge on any atom is 0.172 e. The Morgan fingerprint density at radius 1 is 1.08 bits per heavy atom. The van der Waals surface area contributed by atoms with E-state index in [1.165, 1.54) is 18.4 Å². The summed E-state index contributed by atoms with van der Waals surface area (Å²) in [6.45, 7) is 8.43. The van der Waals surface area contributed by atoms with Gasteiger partial charge in [-0.15, -0.1) is 0 Å². The molecular formula is C23H34O3. The number of hydrogen-bond donors (Lipinski definition) is 1. The maximum absolute atomic E-state index is 12.2. The van der Waals surface area contributed by atoms with Crippen LogP contribution in [0.1, 0.15) is 72.1 Å². The van der Waals surface area contributed by atoms with Crippen molar-refractivity contribution in [3.63, 3.8) is 0 Å². The lowest BCUT2D eigenvalue weighted by Gasteiger charge is -2.63. The molecule has 3 heteroatoms. The molecule has 1 aliphatic heterocycles. The molecule has 4 fully saturated rings. The molecule has 4 aliphatic carbocycles. The molecule has 5 rings (SSSR count). The second kappa shape index (κ2) is 5.46. The summed E-state index contributed by atoms with van der Waals surface area (Å²) < 4.78 is 12.0. The van der Waals surface area contributed by atoms with Gasteiger partial charge in [0.25, 0.3) is 0 Å². The number of rotatable bonds is 0. The van der Waals surface area contributed by atoms with Gasteiger partial charge in [-0.25, -0.2) is 0 Å². The van der Waals surface area contributed by atoms with Crippen LogP contribution in [0, 0.1) is 22.7 Å². The van der Waals surface area contributed by atoms with Gasteiger partial charge < -0.3 is 14.6 Å². The molecule has 1 spiro atoms. The Hall–Kier alpha value is -0.640. The minimum Gasteiger partial charge on any atom is -0.389 e. The molecule has 0 bridgehead atoms. The van der Waals surface area contributed by atoms with Gasteiger partial charge in [-0.05, 0) is 62.7 Å². The molecule has 1 heterocycles. The van der Waals surface area contributed by atoms with Gasteiger partial charge in [0.2, 0.25) is 0 Å². The summed E-state index contributed by atoms with van der Waals surface area (Å²) in [6.07, 6.45) is 13.1. The van der Waals surface area contributed by atoms with Crippen molar-refractivity contribution in [3.8, 4) is 0 Å². The van der Waals surface area contributed by atoms with Crippen LogP contribution in [-0.2, 0) is 9.47 Å². The van der Waals surface area contributed by atoms with E-state index in [0.717, 1.165) is 38.5 Å². The zero-order valence-corrected chi connectivity index (χ0v) is 16.6. The molecule has 144 valence electrons. The molecule has 0 aromatic rings. The summed E-state index contributed by atoms with van der Waals surface area (Å²) in [4.78, 5) is 0.